The van der Waals surface area contributed by atoms with Gasteiger partial charge in [0.2, 0.25) is 5.91 Å². The number of thioether (sulfide) groups is 1. The van der Waals surface area contributed by atoms with Gasteiger partial charge in [0.25, 0.3) is 0 Å². The van der Waals surface area contributed by atoms with E-state index >= 15 is 0 Å². The van der Waals surface area contributed by atoms with Crippen molar-refractivity contribution in [2.45, 2.75) is 31.2 Å². The number of nitrogens with zero attached hydrogens (tertiary/aromatic N) is 2. The fourth-order valence-electron chi connectivity index (χ4n) is 3.59. The molecule has 152 valence electrons. The van der Waals surface area contributed by atoms with E-state index in [4.69, 9.17) is 9.47 Å². The number of nitrogens with one attached hydrogen (secondary N) is 1. The zero-order chi connectivity index (χ0) is 20.4. The first-order chi connectivity index (χ1) is 14.1. The molecule has 1 aliphatic rings. The summed E-state index contributed by atoms with van der Waals surface area (Å²) in [4.78, 5) is 24.0. The number of hydrogen-bond donors (Lipinski definition) is 1. The third-order valence-electron chi connectivity index (χ3n) is 5.08. The number of carbonyl (C=O) groups is 1. The van der Waals surface area contributed by atoms with Gasteiger partial charge in [-0.25, -0.2) is 9.97 Å². The van der Waals surface area contributed by atoms with Crippen molar-refractivity contribution in [3.63, 3.8) is 0 Å². The fraction of sp³-hybridized carbons (Fsp3) is 0.381. The van der Waals surface area contributed by atoms with Crippen LogP contribution < -0.4 is 14.8 Å². The molecule has 1 N–H and O–H groups in total. The molecule has 3 aromatic rings. The average Bonchev–Trinajstić information content (AvgIpc) is 3.10. The van der Waals surface area contributed by atoms with E-state index in [9.17, 15) is 4.79 Å². The van der Waals surface area contributed by atoms with Crippen molar-refractivity contribution in [2.75, 3.05) is 25.3 Å². The minimum Gasteiger partial charge on any atom is -0.497 e. The Bertz CT molecular complexity index is 1050. The molecule has 8 heteroatoms. The average molecular weight is 430 g/mol. The van der Waals surface area contributed by atoms with E-state index in [1.807, 2.05) is 0 Å². The number of aryl methyl sites for hydroxylation is 1. The summed E-state index contributed by atoms with van der Waals surface area (Å²) in [5.74, 6) is 2.10. The number of ether oxygens (including phenoxy) is 2. The molecule has 2 heterocycles. The van der Waals surface area contributed by atoms with E-state index in [0.717, 1.165) is 28.1 Å². The van der Waals surface area contributed by atoms with Crippen molar-refractivity contribution in [2.24, 2.45) is 5.92 Å². The quantitative estimate of drug-likeness (QED) is 0.457. The van der Waals surface area contributed by atoms with Gasteiger partial charge in [-0.2, -0.15) is 0 Å². The summed E-state index contributed by atoms with van der Waals surface area (Å²) < 4.78 is 10.6. The Hall–Kier alpha value is -2.32. The number of anilines is 1. The monoisotopic (exact) mass is 429 g/mol. The molecule has 1 amide bonds. The number of carbonyl (C=O) groups excluding carboxylic acids is 1. The normalized spacial score (nSPS) is 15.8. The van der Waals surface area contributed by atoms with Crippen LogP contribution in [0.4, 0.5) is 5.69 Å². The number of aromatic nitrogens is 2. The minimum absolute atomic E-state index is 0.119. The van der Waals surface area contributed by atoms with E-state index < -0.39 is 0 Å². The zero-order valence-electron chi connectivity index (χ0n) is 16.7. The van der Waals surface area contributed by atoms with Crippen LogP contribution in [0.15, 0.2) is 29.6 Å². The molecule has 0 saturated carbocycles. The Morgan fingerprint density at radius 1 is 1.31 bits per heavy atom. The largest absolute Gasteiger partial charge is 0.497 e. The molecular weight excluding hydrogens is 406 g/mol. The van der Waals surface area contributed by atoms with Crippen molar-refractivity contribution in [1.82, 2.24) is 9.97 Å². The molecule has 6 nitrogen and oxygen atoms in total. The van der Waals surface area contributed by atoms with E-state index in [1.54, 1.807) is 50.1 Å². The highest BCUT2D eigenvalue weighted by molar-refractivity contribution is 8.00. The van der Waals surface area contributed by atoms with Crippen molar-refractivity contribution in [1.29, 1.82) is 0 Å². The predicted octanol–water partition coefficient (Wildman–Crippen LogP) is 4.56. The third-order valence-corrected chi connectivity index (χ3v) is 7.23. The predicted molar refractivity (Wildman–Crippen MR) is 118 cm³/mol. The number of methoxy groups -OCH3 is 2. The lowest BCUT2D eigenvalue weighted by molar-refractivity contribution is -0.113. The molecule has 29 heavy (non-hydrogen) atoms. The number of thiophene rings is 1. The van der Waals surface area contributed by atoms with Crippen LogP contribution in [0.1, 0.15) is 23.8 Å². The summed E-state index contributed by atoms with van der Waals surface area (Å²) >= 11 is 3.22. The Morgan fingerprint density at radius 3 is 2.97 bits per heavy atom. The van der Waals surface area contributed by atoms with Crippen LogP contribution in [-0.2, 0) is 17.6 Å². The number of hydrogen-bond acceptors (Lipinski definition) is 7. The SMILES string of the molecule is COc1ccc(OC)c(NC(=O)CSc2ncnc3sc4c(c23)CCC(C)C4)c1. The lowest BCUT2D eigenvalue weighted by Gasteiger charge is -2.18. The maximum Gasteiger partial charge on any atom is 0.234 e. The molecule has 1 atom stereocenters. The van der Waals surface area contributed by atoms with Gasteiger partial charge in [0, 0.05) is 16.3 Å². The summed E-state index contributed by atoms with van der Waals surface area (Å²) in [6.07, 6.45) is 4.95. The first-order valence-corrected chi connectivity index (χ1v) is 11.3. The summed E-state index contributed by atoms with van der Waals surface area (Å²) in [5, 5.41) is 4.93. The molecule has 0 radical (unpaired) electrons. The van der Waals surface area contributed by atoms with E-state index in [0.29, 0.717) is 23.1 Å². The maximum absolute atomic E-state index is 12.6. The number of rotatable bonds is 6. The number of fused-ring (bicyclic) bond motifs is 3. The standard InChI is InChI=1S/C21H23N3O3S2/c1-12-4-6-14-17(8-12)29-21-19(14)20(22-11-23-21)28-10-18(25)24-15-9-13(26-2)5-7-16(15)27-3/h5,7,9,11-12H,4,6,8,10H2,1-3H3,(H,24,25). The Balaban J connectivity index is 1.51. The van der Waals surface area contributed by atoms with Crippen molar-refractivity contribution >= 4 is 44.9 Å². The molecule has 2 aromatic heterocycles. The Morgan fingerprint density at radius 2 is 2.17 bits per heavy atom. The topological polar surface area (TPSA) is 73.3 Å². The molecular formula is C21H23N3O3S2. The zero-order valence-corrected chi connectivity index (χ0v) is 18.3. The van der Waals surface area contributed by atoms with Gasteiger partial charge in [0.05, 0.1) is 25.7 Å². The molecule has 4 rings (SSSR count). The van der Waals surface area contributed by atoms with Crippen LogP contribution in [-0.4, -0.2) is 35.8 Å². The molecule has 0 spiro atoms. The van der Waals surface area contributed by atoms with Crippen LogP contribution in [0.5, 0.6) is 11.5 Å². The first kappa shape index (κ1) is 20.0. The van der Waals surface area contributed by atoms with Crippen LogP contribution >= 0.6 is 23.1 Å². The summed E-state index contributed by atoms with van der Waals surface area (Å²) in [6.45, 7) is 2.30. The summed E-state index contributed by atoms with van der Waals surface area (Å²) in [5.41, 5.74) is 1.97. The van der Waals surface area contributed by atoms with Gasteiger partial charge in [-0.1, -0.05) is 18.7 Å². The molecule has 0 bridgehead atoms. The number of amides is 1. The minimum atomic E-state index is -0.119. The lowest BCUT2D eigenvalue weighted by atomic mass is 9.89. The van der Waals surface area contributed by atoms with Gasteiger partial charge in [-0.3, -0.25) is 4.79 Å². The van der Waals surface area contributed by atoms with Gasteiger partial charge < -0.3 is 14.8 Å². The molecule has 1 unspecified atom stereocenters. The first-order valence-electron chi connectivity index (χ1n) is 9.49. The molecule has 0 aliphatic heterocycles. The van der Waals surface area contributed by atoms with Gasteiger partial charge in [-0.05, 0) is 42.9 Å². The van der Waals surface area contributed by atoms with Crippen LogP contribution in [0.25, 0.3) is 10.2 Å². The van der Waals surface area contributed by atoms with Gasteiger partial charge in [0.15, 0.2) is 0 Å². The summed E-state index contributed by atoms with van der Waals surface area (Å²) in [7, 11) is 3.16. The van der Waals surface area contributed by atoms with Crippen molar-refractivity contribution in [3.8, 4) is 11.5 Å². The van der Waals surface area contributed by atoms with Crippen LogP contribution in [0.2, 0.25) is 0 Å². The third kappa shape index (κ3) is 4.18. The van der Waals surface area contributed by atoms with Gasteiger partial charge in [-0.15, -0.1) is 11.3 Å². The summed E-state index contributed by atoms with van der Waals surface area (Å²) in [6, 6.07) is 5.32. The Kier molecular flexibility index (Phi) is 5.91. The fourth-order valence-corrected chi connectivity index (χ4v) is 5.83. The molecule has 1 aromatic carbocycles. The Labute approximate surface area is 178 Å². The van der Waals surface area contributed by atoms with E-state index in [-0.39, 0.29) is 11.7 Å². The van der Waals surface area contributed by atoms with Gasteiger partial charge >= 0.3 is 0 Å². The van der Waals surface area contributed by atoms with Crippen molar-refractivity contribution < 1.29 is 14.3 Å². The van der Waals surface area contributed by atoms with Gasteiger partial charge in [0.1, 0.15) is 27.7 Å². The molecule has 0 fully saturated rings. The smallest absolute Gasteiger partial charge is 0.234 e. The van der Waals surface area contributed by atoms with Crippen LogP contribution in [0, 0.1) is 5.92 Å². The van der Waals surface area contributed by atoms with Crippen LogP contribution in [0.3, 0.4) is 0 Å². The van der Waals surface area contributed by atoms with Crippen molar-refractivity contribution in [3.05, 3.63) is 35.0 Å². The highest BCUT2D eigenvalue weighted by Gasteiger charge is 2.23. The lowest BCUT2D eigenvalue weighted by Crippen LogP contribution is -2.15. The van der Waals surface area contributed by atoms with E-state index in [2.05, 4.69) is 22.2 Å². The number of benzene rings is 1. The second kappa shape index (κ2) is 8.59. The highest BCUT2D eigenvalue weighted by atomic mass is 32.2. The molecule has 1 aliphatic carbocycles. The molecule has 0 saturated heterocycles. The second-order valence-corrected chi connectivity index (χ2v) is 9.16. The second-order valence-electron chi connectivity index (χ2n) is 7.11. The van der Waals surface area contributed by atoms with E-state index in [1.165, 1.54) is 28.6 Å². The maximum atomic E-state index is 12.6. The highest BCUT2D eigenvalue weighted by Crippen LogP contribution is 2.40.